The molecule has 0 saturated carbocycles. The third kappa shape index (κ3) is 3.48. The first-order chi connectivity index (χ1) is 5.83. The van der Waals surface area contributed by atoms with Crippen molar-refractivity contribution < 1.29 is 0 Å². The molecule has 0 aliphatic heterocycles. The summed E-state index contributed by atoms with van der Waals surface area (Å²) in [5.41, 5.74) is 0. The second kappa shape index (κ2) is 5.47. The van der Waals surface area contributed by atoms with Crippen LogP contribution in [0.25, 0.3) is 0 Å². The fraction of sp³-hybridized carbons (Fsp3) is 0.300. The molecule has 0 bridgehead atoms. The molecule has 0 atom stereocenters. The summed E-state index contributed by atoms with van der Waals surface area (Å²) in [4.78, 5) is 0. The van der Waals surface area contributed by atoms with Crippen LogP contribution in [0.1, 0.15) is 19.8 Å². The molecule has 0 radical (unpaired) electrons. The summed E-state index contributed by atoms with van der Waals surface area (Å²) >= 11 is 5.67. The molecular weight excluding hydrogens is 231 g/mol. The normalized spacial score (nSPS) is 9.75. The maximum atomic E-state index is 5.26. The Labute approximate surface area is 85.5 Å². The Morgan fingerprint density at radius 2 is 2.00 bits per heavy atom. The average Bonchev–Trinajstić information content (AvgIpc) is 2.06. The number of hydrogen-bond donors (Lipinski definition) is 0. The molecule has 1 aromatic rings. The molecule has 2 heteroatoms. The van der Waals surface area contributed by atoms with Gasteiger partial charge in [0.25, 0.3) is 0 Å². The van der Waals surface area contributed by atoms with E-state index in [1.807, 2.05) is 6.07 Å². The van der Waals surface area contributed by atoms with Crippen LogP contribution in [0.2, 0.25) is 0 Å². The van der Waals surface area contributed by atoms with Crippen molar-refractivity contribution in [1.82, 2.24) is 0 Å². The third-order valence-electron chi connectivity index (χ3n) is 1.43. The predicted octanol–water partition coefficient (Wildman–Crippen LogP) is 2.14. The molecule has 0 heterocycles. The number of thiocarbonyl (C=S) groups is 1. The van der Waals surface area contributed by atoms with Gasteiger partial charge in [-0.15, -0.1) is 0 Å². The minimum atomic E-state index is 0.409. The molecule has 0 nitrogen and oxygen atoms in total. The van der Waals surface area contributed by atoms with Crippen molar-refractivity contribution in [3.05, 3.63) is 30.3 Å². The molecule has 0 spiro atoms. The zero-order chi connectivity index (χ0) is 8.81. The van der Waals surface area contributed by atoms with E-state index >= 15 is 0 Å². The van der Waals surface area contributed by atoms with Crippen LogP contribution in [0.3, 0.4) is 0 Å². The number of benzene rings is 1. The van der Waals surface area contributed by atoms with Gasteiger partial charge in [-0.1, -0.05) is 0 Å². The Hall–Kier alpha value is -0.171. The van der Waals surface area contributed by atoms with E-state index in [9.17, 15) is 0 Å². The summed E-state index contributed by atoms with van der Waals surface area (Å²) in [6, 6.07) is 10.5. The van der Waals surface area contributed by atoms with Crippen LogP contribution in [0.4, 0.5) is 0 Å². The Balaban J connectivity index is 2.47. The Morgan fingerprint density at radius 1 is 1.33 bits per heavy atom. The zero-order valence-electron chi connectivity index (χ0n) is 7.12. The molecule has 64 valence electrons. The van der Waals surface area contributed by atoms with E-state index in [1.54, 1.807) is 0 Å². The number of hydrogen-bond acceptors (Lipinski definition) is 1. The van der Waals surface area contributed by atoms with E-state index in [0.29, 0.717) is 15.0 Å². The van der Waals surface area contributed by atoms with Gasteiger partial charge in [0.1, 0.15) is 0 Å². The first-order valence-corrected chi connectivity index (χ1v) is 6.21. The van der Waals surface area contributed by atoms with Gasteiger partial charge in [0, 0.05) is 0 Å². The van der Waals surface area contributed by atoms with Crippen LogP contribution in [0.5, 0.6) is 0 Å². The SMILES string of the molecule is CCCC(=S)[Se]c1ccccc1. The second-order valence-electron chi connectivity index (χ2n) is 2.54. The van der Waals surface area contributed by atoms with E-state index in [4.69, 9.17) is 12.2 Å². The average molecular weight is 243 g/mol. The molecule has 0 fully saturated rings. The minimum absolute atomic E-state index is 0.409. The molecule has 0 aliphatic rings. The Kier molecular flexibility index (Phi) is 4.52. The van der Waals surface area contributed by atoms with Gasteiger partial charge in [0.15, 0.2) is 0 Å². The monoisotopic (exact) mass is 244 g/mol. The van der Waals surface area contributed by atoms with Gasteiger partial charge in [-0.05, 0) is 0 Å². The molecule has 0 N–H and O–H groups in total. The van der Waals surface area contributed by atoms with Crippen molar-refractivity contribution in [2.45, 2.75) is 19.8 Å². The molecule has 0 unspecified atom stereocenters. The Morgan fingerprint density at radius 3 is 2.58 bits per heavy atom. The van der Waals surface area contributed by atoms with Crippen molar-refractivity contribution in [3.8, 4) is 0 Å². The van der Waals surface area contributed by atoms with E-state index in [2.05, 4.69) is 31.2 Å². The van der Waals surface area contributed by atoms with Gasteiger partial charge in [0.05, 0.1) is 0 Å². The van der Waals surface area contributed by atoms with Crippen molar-refractivity contribution in [1.29, 1.82) is 0 Å². The van der Waals surface area contributed by atoms with Crippen LogP contribution >= 0.6 is 12.2 Å². The Bertz CT molecular complexity index is 243. The van der Waals surface area contributed by atoms with Crippen LogP contribution < -0.4 is 4.46 Å². The van der Waals surface area contributed by atoms with Gasteiger partial charge >= 0.3 is 85.5 Å². The molecule has 1 aromatic carbocycles. The summed E-state index contributed by atoms with van der Waals surface area (Å²) in [5, 5.41) is 0. The summed E-state index contributed by atoms with van der Waals surface area (Å²) in [7, 11) is 0. The molecule has 12 heavy (non-hydrogen) atoms. The summed E-state index contributed by atoms with van der Waals surface area (Å²) in [6.07, 6.45) is 2.28. The van der Waals surface area contributed by atoms with Gasteiger partial charge in [-0.25, -0.2) is 0 Å². The van der Waals surface area contributed by atoms with E-state index in [0.717, 1.165) is 6.42 Å². The van der Waals surface area contributed by atoms with Gasteiger partial charge in [-0.3, -0.25) is 0 Å². The van der Waals surface area contributed by atoms with E-state index in [-0.39, 0.29) is 0 Å². The number of rotatable bonds is 4. The molecule has 0 amide bonds. The fourth-order valence-electron chi connectivity index (χ4n) is 0.875. The van der Waals surface area contributed by atoms with E-state index < -0.39 is 0 Å². The van der Waals surface area contributed by atoms with Crippen LogP contribution in [0.15, 0.2) is 30.3 Å². The first-order valence-electron chi connectivity index (χ1n) is 4.08. The van der Waals surface area contributed by atoms with Gasteiger partial charge in [-0.2, -0.15) is 0 Å². The van der Waals surface area contributed by atoms with Crippen molar-refractivity contribution in [2.75, 3.05) is 0 Å². The molecule has 1 rings (SSSR count). The van der Waals surface area contributed by atoms with Crippen LogP contribution in [-0.2, 0) is 0 Å². The second-order valence-corrected chi connectivity index (χ2v) is 6.06. The summed E-state index contributed by atoms with van der Waals surface area (Å²) in [5.74, 6) is 0. The first kappa shape index (κ1) is 9.91. The maximum absolute atomic E-state index is 5.26. The van der Waals surface area contributed by atoms with Gasteiger partial charge < -0.3 is 0 Å². The zero-order valence-corrected chi connectivity index (χ0v) is 9.65. The van der Waals surface area contributed by atoms with E-state index in [1.165, 1.54) is 14.6 Å². The molecular formula is C10H12SSe. The predicted molar refractivity (Wildman–Crippen MR) is 59.3 cm³/mol. The fourth-order valence-corrected chi connectivity index (χ4v) is 3.39. The summed E-state index contributed by atoms with van der Waals surface area (Å²) < 4.78 is 2.62. The quantitative estimate of drug-likeness (QED) is 0.576. The topological polar surface area (TPSA) is 0 Å². The molecule has 0 aliphatic carbocycles. The van der Waals surface area contributed by atoms with Crippen molar-refractivity contribution >= 4 is 35.4 Å². The summed E-state index contributed by atoms with van der Waals surface area (Å²) in [6.45, 7) is 2.17. The van der Waals surface area contributed by atoms with Crippen molar-refractivity contribution in [2.24, 2.45) is 0 Å². The molecule has 0 saturated heterocycles. The molecule has 0 aromatic heterocycles. The van der Waals surface area contributed by atoms with Crippen molar-refractivity contribution in [3.63, 3.8) is 0 Å². The van der Waals surface area contributed by atoms with Crippen LogP contribution in [0, 0.1) is 0 Å². The third-order valence-corrected chi connectivity index (χ3v) is 4.04. The van der Waals surface area contributed by atoms with Crippen LogP contribution in [-0.4, -0.2) is 18.7 Å². The standard InChI is InChI=1S/C10H12SSe/c1-2-6-10(11)12-9-7-4-3-5-8-9/h3-5,7-8H,2,6H2,1H3. The van der Waals surface area contributed by atoms with Gasteiger partial charge in [0.2, 0.25) is 0 Å².